The Morgan fingerprint density at radius 1 is 1.43 bits per heavy atom. The summed E-state index contributed by atoms with van der Waals surface area (Å²) in [5.41, 5.74) is -0.181. The lowest BCUT2D eigenvalue weighted by Gasteiger charge is -2.38. The minimum atomic E-state index is -3.79. The van der Waals surface area contributed by atoms with Crippen LogP contribution in [0.2, 0.25) is 0 Å². The third-order valence-electron chi connectivity index (χ3n) is 3.37. The number of hydrogen-bond donors (Lipinski definition) is 1. The van der Waals surface area contributed by atoms with E-state index in [2.05, 4.69) is 12.5 Å². The minimum absolute atomic E-state index is 0.0575. The third kappa shape index (κ3) is 3.53. The van der Waals surface area contributed by atoms with Gasteiger partial charge in [-0.15, -0.1) is 13.0 Å². The van der Waals surface area contributed by atoms with Crippen LogP contribution in [0.25, 0.3) is 0 Å². The van der Waals surface area contributed by atoms with Gasteiger partial charge in [-0.3, -0.25) is 0 Å². The molecule has 1 atom stereocenters. The number of aryl methyl sites for hydroxylation is 1. The zero-order valence-corrected chi connectivity index (χ0v) is 13.4. The molecule has 0 aliphatic heterocycles. The molecule has 1 aromatic rings. The zero-order chi connectivity index (χ0) is 16.3. The quantitative estimate of drug-likeness (QED) is 0.645. The van der Waals surface area contributed by atoms with Crippen LogP contribution in [0.5, 0.6) is 0 Å². The van der Waals surface area contributed by atoms with Gasteiger partial charge in [-0.05, 0) is 32.9 Å². The summed E-state index contributed by atoms with van der Waals surface area (Å²) >= 11 is 0. The lowest BCUT2D eigenvalue weighted by molar-refractivity contribution is 0.0796. The summed E-state index contributed by atoms with van der Waals surface area (Å²) in [6, 6.07) is 6.53. The van der Waals surface area contributed by atoms with Gasteiger partial charge in [0.05, 0.1) is 10.4 Å². The Hall–Kier alpha value is -1.61. The van der Waals surface area contributed by atoms with E-state index in [9.17, 15) is 13.5 Å². The van der Waals surface area contributed by atoms with Gasteiger partial charge >= 0.3 is 0 Å². The highest BCUT2D eigenvalue weighted by Crippen LogP contribution is 2.27. The maximum atomic E-state index is 12.8. The van der Waals surface area contributed by atoms with Gasteiger partial charge in [0.2, 0.25) is 10.0 Å². The lowest BCUT2D eigenvalue weighted by atomic mass is 9.98. The van der Waals surface area contributed by atoms with Crippen LogP contribution in [0.3, 0.4) is 0 Å². The molecule has 0 bridgehead atoms. The van der Waals surface area contributed by atoms with Crippen molar-refractivity contribution in [3.05, 3.63) is 42.5 Å². The fourth-order valence-electron chi connectivity index (χ4n) is 1.94. The van der Waals surface area contributed by atoms with Crippen LogP contribution in [-0.4, -0.2) is 36.0 Å². The second-order valence-corrected chi connectivity index (χ2v) is 7.22. The van der Waals surface area contributed by atoms with E-state index < -0.39 is 21.7 Å². The molecule has 1 unspecified atom stereocenters. The van der Waals surface area contributed by atoms with E-state index in [0.29, 0.717) is 0 Å². The molecule has 0 aliphatic rings. The van der Waals surface area contributed by atoms with Gasteiger partial charge in [0, 0.05) is 6.54 Å². The number of benzene rings is 1. The van der Waals surface area contributed by atoms with Gasteiger partial charge in [-0.2, -0.15) is 4.31 Å². The average molecular weight is 307 g/mol. The number of sulfonamides is 1. The third-order valence-corrected chi connectivity index (χ3v) is 5.44. The van der Waals surface area contributed by atoms with Crippen molar-refractivity contribution in [1.29, 1.82) is 0 Å². The number of aliphatic hydroxyl groups is 1. The van der Waals surface area contributed by atoms with Crippen molar-refractivity contribution >= 4 is 10.0 Å². The van der Waals surface area contributed by atoms with Crippen molar-refractivity contribution < 1.29 is 13.5 Å². The molecule has 1 aromatic carbocycles. The topological polar surface area (TPSA) is 57.6 Å². The molecule has 0 amide bonds. The highest BCUT2D eigenvalue weighted by Gasteiger charge is 2.40. The van der Waals surface area contributed by atoms with Gasteiger partial charge < -0.3 is 5.11 Å². The predicted molar refractivity (Wildman–Crippen MR) is 84.2 cm³/mol. The van der Waals surface area contributed by atoms with Crippen molar-refractivity contribution in [1.82, 2.24) is 4.31 Å². The maximum absolute atomic E-state index is 12.8. The summed E-state index contributed by atoms with van der Waals surface area (Å²) in [6.07, 6.45) is 5.49. The summed E-state index contributed by atoms with van der Waals surface area (Å²) in [4.78, 5) is 0.159. The van der Waals surface area contributed by atoms with Crippen molar-refractivity contribution in [3.8, 4) is 12.3 Å². The van der Waals surface area contributed by atoms with Gasteiger partial charge in [0.15, 0.2) is 0 Å². The molecule has 0 aromatic heterocycles. The van der Waals surface area contributed by atoms with Crippen molar-refractivity contribution in [2.75, 3.05) is 6.54 Å². The molecule has 114 valence electrons. The molecule has 0 saturated carbocycles. The summed E-state index contributed by atoms with van der Waals surface area (Å²) in [6.45, 7) is 8.70. The SMILES string of the molecule is C#CC(O)C(C)(C)N(CC=C)S(=O)(=O)c1ccc(C)cc1. The van der Waals surface area contributed by atoms with E-state index in [1.165, 1.54) is 10.4 Å². The molecular weight excluding hydrogens is 286 g/mol. The van der Waals surface area contributed by atoms with Crippen molar-refractivity contribution in [2.24, 2.45) is 0 Å². The van der Waals surface area contributed by atoms with Gasteiger partial charge in [-0.1, -0.05) is 29.7 Å². The van der Waals surface area contributed by atoms with Crippen molar-refractivity contribution in [2.45, 2.75) is 37.3 Å². The van der Waals surface area contributed by atoms with E-state index >= 15 is 0 Å². The minimum Gasteiger partial charge on any atom is -0.378 e. The standard InChI is InChI=1S/C16H21NO3S/c1-6-12-17(16(4,5)15(18)7-2)21(19,20)14-10-8-13(3)9-11-14/h2,6,8-11,15,18H,1,12H2,3-5H3. The second kappa shape index (κ2) is 6.44. The van der Waals surface area contributed by atoms with Crippen LogP contribution in [0.15, 0.2) is 41.8 Å². The molecule has 4 nitrogen and oxygen atoms in total. The fraction of sp³-hybridized carbons (Fsp3) is 0.375. The van der Waals surface area contributed by atoms with Crippen molar-refractivity contribution in [3.63, 3.8) is 0 Å². The molecule has 1 rings (SSSR count). The predicted octanol–water partition coefficient (Wildman–Crippen LogP) is 1.94. The number of aliphatic hydroxyl groups excluding tert-OH is 1. The summed E-state index contributed by atoms with van der Waals surface area (Å²) < 4.78 is 26.8. The molecule has 1 N–H and O–H groups in total. The first-order valence-electron chi connectivity index (χ1n) is 6.52. The molecule has 0 radical (unpaired) electrons. The van der Waals surface area contributed by atoms with E-state index in [-0.39, 0.29) is 11.4 Å². The Morgan fingerprint density at radius 2 is 1.95 bits per heavy atom. The Bertz CT molecular complexity index is 639. The van der Waals surface area contributed by atoms with Crippen LogP contribution in [-0.2, 0) is 10.0 Å². The normalized spacial score (nSPS) is 13.7. The smallest absolute Gasteiger partial charge is 0.243 e. The van der Waals surface area contributed by atoms with Gasteiger partial charge in [0.25, 0.3) is 0 Å². The Morgan fingerprint density at radius 3 is 2.38 bits per heavy atom. The van der Waals surface area contributed by atoms with E-state index in [4.69, 9.17) is 6.42 Å². The highest BCUT2D eigenvalue weighted by molar-refractivity contribution is 7.89. The van der Waals surface area contributed by atoms with Crippen LogP contribution >= 0.6 is 0 Å². The van der Waals surface area contributed by atoms with Gasteiger partial charge in [-0.25, -0.2) is 8.42 Å². The van der Waals surface area contributed by atoms with E-state index in [1.807, 2.05) is 6.92 Å². The fourth-order valence-corrected chi connectivity index (χ4v) is 3.69. The molecule has 0 spiro atoms. The van der Waals surface area contributed by atoms with Crippen LogP contribution in [0, 0.1) is 19.3 Å². The van der Waals surface area contributed by atoms with Crippen LogP contribution < -0.4 is 0 Å². The van der Waals surface area contributed by atoms with E-state index in [1.54, 1.807) is 38.1 Å². The number of rotatable bonds is 6. The van der Waals surface area contributed by atoms with E-state index in [0.717, 1.165) is 5.56 Å². The molecule has 0 fully saturated rings. The molecular formula is C16H21NO3S. The lowest BCUT2D eigenvalue weighted by Crippen LogP contribution is -2.54. The largest absolute Gasteiger partial charge is 0.378 e. The summed E-state index contributed by atoms with van der Waals surface area (Å²) in [5, 5.41) is 9.96. The van der Waals surface area contributed by atoms with Gasteiger partial charge in [0.1, 0.15) is 6.10 Å². The second-order valence-electron chi connectivity index (χ2n) is 5.36. The molecule has 0 saturated heterocycles. The first-order chi connectivity index (χ1) is 9.67. The Labute approximate surface area is 127 Å². The average Bonchev–Trinajstić information content (AvgIpc) is 2.43. The zero-order valence-electron chi connectivity index (χ0n) is 12.6. The molecule has 21 heavy (non-hydrogen) atoms. The Balaban J connectivity index is 3.37. The number of terminal acetylenes is 1. The summed E-state index contributed by atoms with van der Waals surface area (Å²) in [5.74, 6) is 2.19. The first-order valence-corrected chi connectivity index (χ1v) is 7.96. The Kier molecular flexibility index (Phi) is 5.35. The molecule has 0 heterocycles. The molecule has 0 aliphatic carbocycles. The van der Waals surface area contributed by atoms with Crippen LogP contribution in [0.1, 0.15) is 19.4 Å². The van der Waals surface area contributed by atoms with Crippen LogP contribution in [0.4, 0.5) is 0 Å². The monoisotopic (exact) mass is 307 g/mol. The molecule has 5 heteroatoms. The number of nitrogens with zero attached hydrogens (tertiary/aromatic N) is 1. The number of hydrogen-bond acceptors (Lipinski definition) is 3. The highest BCUT2D eigenvalue weighted by atomic mass is 32.2. The summed E-state index contributed by atoms with van der Waals surface area (Å²) in [7, 11) is -3.79. The maximum Gasteiger partial charge on any atom is 0.243 e. The first kappa shape index (κ1) is 17.4.